The number of rotatable bonds is 8. The SMILES string of the molecule is CC(C)[Si](c1cc2cc3[se]c([Si](C(C)C)(C(C)C)C(C)C)cc3cc2[se]1)(C(C)C)C(C)C.c1cc2cc3[se]ccc3cc2[se]1. The molecule has 0 aliphatic heterocycles. The molecule has 0 saturated heterocycles. The first-order valence-corrected chi connectivity index (χ1v) is 28.1. The molecule has 0 bridgehead atoms. The third kappa shape index (κ3) is 6.02. The van der Waals surface area contributed by atoms with Gasteiger partial charge in [0.2, 0.25) is 0 Å². The predicted octanol–water partition coefficient (Wildman–Crippen LogP) is 9.99. The molecule has 4 heterocycles. The van der Waals surface area contributed by atoms with Crippen LogP contribution in [0.2, 0.25) is 33.2 Å². The molecule has 0 unspecified atom stereocenters. The second-order valence-electron chi connectivity index (χ2n) is 14.7. The van der Waals surface area contributed by atoms with Crippen LogP contribution in [-0.4, -0.2) is 74.2 Å². The quantitative estimate of drug-likeness (QED) is 0.134. The first kappa shape index (κ1) is 35.2. The van der Waals surface area contributed by atoms with Crippen molar-refractivity contribution in [3.63, 3.8) is 0 Å². The zero-order chi connectivity index (χ0) is 32.1. The van der Waals surface area contributed by atoms with E-state index in [1.54, 1.807) is 27.8 Å². The Morgan fingerprint density at radius 2 is 0.682 bits per heavy atom. The molecular formula is C38H52Se4Si2. The van der Waals surface area contributed by atoms with Gasteiger partial charge in [-0.1, -0.05) is 0 Å². The molecule has 4 aromatic heterocycles. The molecule has 6 heteroatoms. The molecule has 0 fully saturated rings. The standard InChI is InChI=1S/C28H46Se2Si2.C10H6Se2/c1-17(2)31(18(3)4,19(5)6)27-15-23-13-26-24(14-25(23)29-27)16-28(30-26)32(20(7)8,21(9)10)22(11)12;1-3-11-9-6-8-2-4-12-10(8)5-7(1)9/h13-22H,1-12H3;1-6H. The fourth-order valence-electron chi connectivity index (χ4n) is 9.12. The summed E-state index contributed by atoms with van der Waals surface area (Å²) < 4.78 is 10.2. The first-order chi connectivity index (χ1) is 20.7. The van der Waals surface area contributed by atoms with E-state index in [9.17, 15) is 0 Å². The zero-order valence-corrected chi connectivity index (χ0v) is 37.7. The van der Waals surface area contributed by atoms with Gasteiger partial charge in [0.25, 0.3) is 0 Å². The molecule has 2 aromatic carbocycles. The van der Waals surface area contributed by atoms with E-state index >= 15 is 0 Å². The topological polar surface area (TPSA) is 0 Å². The van der Waals surface area contributed by atoms with E-state index in [4.69, 9.17) is 0 Å². The van der Waals surface area contributed by atoms with E-state index in [1.165, 1.54) is 10.8 Å². The van der Waals surface area contributed by atoms with Crippen LogP contribution in [0.3, 0.4) is 0 Å². The molecule has 0 radical (unpaired) electrons. The van der Waals surface area contributed by atoms with Crippen LogP contribution in [0.4, 0.5) is 0 Å². The van der Waals surface area contributed by atoms with Gasteiger partial charge in [0.1, 0.15) is 0 Å². The maximum absolute atomic E-state index is 2.69. The number of fused-ring (bicyclic) bond motifs is 4. The Balaban J connectivity index is 0.000000262. The van der Waals surface area contributed by atoms with E-state index in [-0.39, 0.29) is 0 Å². The number of hydrogen-bond donors (Lipinski definition) is 0. The third-order valence-electron chi connectivity index (χ3n) is 10.8. The van der Waals surface area contributed by atoms with Crippen LogP contribution in [0.15, 0.2) is 58.4 Å². The molecule has 6 aromatic rings. The summed E-state index contributed by atoms with van der Waals surface area (Å²) in [7, 11) is -3.04. The van der Waals surface area contributed by atoms with Gasteiger partial charge >= 0.3 is 296 Å². The molecule has 0 saturated carbocycles. The Labute approximate surface area is 293 Å². The van der Waals surface area contributed by atoms with E-state index in [0.29, 0.717) is 58.0 Å². The Morgan fingerprint density at radius 3 is 0.977 bits per heavy atom. The van der Waals surface area contributed by atoms with Crippen molar-refractivity contribution < 1.29 is 0 Å². The molecule has 6 rings (SSSR count). The maximum atomic E-state index is 2.69. The van der Waals surface area contributed by atoms with Gasteiger partial charge in [-0.05, 0) is 0 Å². The monoisotopic (exact) mass is 884 g/mol. The molecule has 0 N–H and O–H groups in total. The molecule has 236 valence electrons. The molecule has 0 amide bonds. The van der Waals surface area contributed by atoms with Crippen LogP contribution in [0.1, 0.15) is 83.1 Å². The zero-order valence-electron chi connectivity index (χ0n) is 28.9. The van der Waals surface area contributed by atoms with Gasteiger partial charge in [0.05, 0.1) is 0 Å². The Kier molecular flexibility index (Phi) is 11.0. The Bertz CT molecular complexity index is 1590. The van der Waals surface area contributed by atoms with Crippen molar-refractivity contribution >= 4 is 121 Å². The molecule has 0 aliphatic rings. The molecule has 0 atom stereocenters. The van der Waals surface area contributed by atoms with Crippen molar-refractivity contribution in [1.29, 1.82) is 0 Å². The Hall–Kier alpha value is -0.0883. The summed E-state index contributed by atoms with van der Waals surface area (Å²) in [5, 5.41) is 6.11. The Morgan fingerprint density at radius 1 is 0.386 bits per heavy atom. The summed E-state index contributed by atoms with van der Waals surface area (Å²) in [6.45, 7) is 30.1. The predicted molar refractivity (Wildman–Crippen MR) is 212 cm³/mol. The average molecular weight is 881 g/mol. The van der Waals surface area contributed by atoms with Gasteiger partial charge in [-0.3, -0.25) is 0 Å². The van der Waals surface area contributed by atoms with Crippen molar-refractivity contribution in [1.82, 2.24) is 0 Å². The van der Waals surface area contributed by atoms with Gasteiger partial charge in [0, 0.05) is 0 Å². The van der Waals surface area contributed by atoms with Crippen LogP contribution in [-0.2, 0) is 0 Å². The molecule has 0 aliphatic carbocycles. The second kappa shape index (κ2) is 13.8. The van der Waals surface area contributed by atoms with Gasteiger partial charge in [-0.2, -0.15) is 0 Å². The summed E-state index contributed by atoms with van der Waals surface area (Å²) in [4.78, 5) is 4.62. The van der Waals surface area contributed by atoms with E-state index in [0.717, 1.165) is 33.2 Å². The van der Waals surface area contributed by atoms with E-state index < -0.39 is 16.1 Å². The molecular weight excluding hydrogens is 828 g/mol. The molecule has 0 nitrogen and oxygen atoms in total. The minimum absolute atomic E-state index is 0.516. The summed E-state index contributed by atoms with van der Waals surface area (Å²) in [5.74, 6) is 0. The summed E-state index contributed by atoms with van der Waals surface area (Å²) in [6.07, 6.45) is 0. The van der Waals surface area contributed by atoms with Gasteiger partial charge < -0.3 is 0 Å². The summed E-state index contributed by atoms with van der Waals surface area (Å²) >= 11 is 2.24. The minimum atomic E-state index is -1.52. The fraction of sp³-hybridized carbons (Fsp3) is 0.474. The number of hydrogen-bond acceptors (Lipinski definition) is 0. The van der Waals surface area contributed by atoms with Crippen molar-refractivity contribution in [3.05, 3.63) is 58.4 Å². The van der Waals surface area contributed by atoms with E-state index in [2.05, 4.69) is 141 Å². The van der Waals surface area contributed by atoms with Gasteiger partial charge in [-0.25, -0.2) is 0 Å². The molecule has 44 heavy (non-hydrogen) atoms. The van der Waals surface area contributed by atoms with Crippen molar-refractivity contribution in [2.75, 3.05) is 0 Å². The van der Waals surface area contributed by atoms with Gasteiger partial charge in [0.15, 0.2) is 0 Å². The van der Waals surface area contributed by atoms with Crippen molar-refractivity contribution in [3.8, 4) is 0 Å². The number of benzene rings is 2. The van der Waals surface area contributed by atoms with Crippen LogP contribution in [0, 0.1) is 0 Å². The normalized spacial score (nSPS) is 13.3. The van der Waals surface area contributed by atoms with Crippen LogP contribution >= 0.6 is 0 Å². The summed E-state index contributed by atoms with van der Waals surface area (Å²) in [6, 6.07) is 19.9. The first-order valence-electron chi connectivity index (χ1n) is 16.6. The van der Waals surface area contributed by atoms with E-state index in [1.807, 2.05) is 8.12 Å². The summed E-state index contributed by atoms with van der Waals surface area (Å²) in [5.41, 5.74) is 4.85. The third-order valence-corrected chi connectivity index (χ3v) is 37.3. The van der Waals surface area contributed by atoms with Crippen molar-refractivity contribution in [2.45, 2.75) is 116 Å². The molecule has 0 spiro atoms. The average Bonchev–Trinajstić information content (AvgIpc) is 3.71. The fourth-order valence-corrected chi connectivity index (χ4v) is 41.0. The van der Waals surface area contributed by atoms with Crippen LogP contribution in [0.25, 0.3) is 38.6 Å². The van der Waals surface area contributed by atoms with Crippen molar-refractivity contribution in [2.24, 2.45) is 0 Å². The van der Waals surface area contributed by atoms with Crippen LogP contribution in [0.5, 0.6) is 0 Å². The van der Waals surface area contributed by atoms with Crippen LogP contribution < -0.4 is 8.12 Å². The second-order valence-corrected chi connectivity index (χ2v) is 36.6. The van der Waals surface area contributed by atoms with Gasteiger partial charge in [-0.15, -0.1) is 0 Å².